The fourth-order valence-corrected chi connectivity index (χ4v) is 5.02. The molecule has 0 radical (unpaired) electrons. The first-order chi connectivity index (χ1) is 17.6. The number of carbonyl (C=O) groups is 3. The normalized spacial score (nSPS) is 20.0. The number of imide groups is 1. The Hall–Kier alpha value is -4.05. The second kappa shape index (κ2) is 9.19. The maximum absolute atomic E-state index is 13.0. The zero-order valence-corrected chi connectivity index (χ0v) is 19.7. The van der Waals surface area contributed by atoms with Crippen LogP contribution in [0.25, 0.3) is 5.69 Å². The highest BCUT2D eigenvalue weighted by molar-refractivity contribution is 6.05. The molecule has 2 saturated heterocycles. The van der Waals surface area contributed by atoms with Crippen molar-refractivity contribution in [1.29, 1.82) is 0 Å². The van der Waals surface area contributed by atoms with E-state index in [9.17, 15) is 14.4 Å². The number of nitrogens with one attached hydrogen (secondary N) is 2. The smallest absolute Gasteiger partial charge is 0.255 e. The maximum atomic E-state index is 13.0. The largest absolute Gasteiger partial charge is 0.487 e. The second-order valence-corrected chi connectivity index (χ2v) is 9.23. The number of benzene rings is 2. The molecular formula is C26H27N5O5. The number of nitrogens with zero attached hydrogens (tertiary/aromatic N) is 3. The Morgan fingerprint density at radius 3 is 2.61 bits per heavy atom. The zero-order valence-electron chi connectivity index (χ0n) is 19.7. The minimum absolute atomic E-state index is 0.211. The lowest BCUT2D eigenvalue weighted by Gasteiger charge is -2.29. The number of aromatic nitrogens is 2. The first-order valence-electron chi connectivity index (χ1n) is 12.2. The first kappa shape index (κ1) is 22.4. The van der Waals surface area contributed by atoms with Gasteiger partial charge in [-0.1, -0.05) is 12.1 Å². The molecule has 0 aliphatic carbocycles. The average Bonchev–Trinajstić information content (AvgIpc) is 3.21. The summed E-state index contributed by atoms with van der Waals surface area (Å²) in [6, 6.07) is 13.1. The van der Waals surface area contributed by atoms with E-state index in [-0.39, 0.29) is 24.8 Å². The lowest BCUT2D eigenvalue weighted by Crippen LogP contribution is -2.52. The lowest BCUT2D eigenvalue weighted by molar-refractivity contribution is -0.136. The number of amides is 3. The van der Waals surface area contributed by atoms with Crippen LogP contribution >= 0.6 is 0 Å². The number of rotatable bonds is 6. The van der Waals surface area contributed by atoms with Crippen molar-refractivity contribution < 1.29 is 23.9 Å². The molecule has 4 heterocycles. The highest BCUT2D eigenvalue weighted by atomic mass is 16.5. The molecule has 0 bridgehead atoms. The molecule has 1 aromatic heterocycles. The van der Waals surface area contributed by atoms with Gasteiger partial charge in [-0.05, 0) is 36.8 Å². The van der Waals surface area contributed by atoms with Gasteiger partial charge in [0, 0.05) is 36.3 Å². The van der Waals surface area contributed by atoms with E-state index >= 15 is 0 Å². The van der Waals surface area contributed by atoms with E-state index in [1.165, 1.54) is 10.6 Å². The van der Waals surface area contributed by atoms with Crippen LogP contribution in [-0.4, -0.2) is 64.7 Å². The number of fused-ring (bicyclic) bond motifs is 1. The van der Waals surface area contributed by atoms with Crippen LogP contribution in [0, 0.1) is 0 Å². The Balaban J connectivity index is 1.11. The molecule has 2 aromatic carbocycles. The van der Waals surface area contributed by atoms with Crippen molar-refractivity contribution in [1.82, 2.24) is 20.0 Å². The summed E-state index contributed by atoms with van der Waals surface area (Å²) in [5.74, 6) is -0.313. The molecule has 2 N–H and O–H groups in total. The van der Waals surface area contributed by atoms with Crippen LogP contribution in [0.5, 0.6) is 5.75 Å². The van der Waals surface area contributed by atoms with Crippen molar-refractivity contribution in [2.75, 3.05) is 31.2 Å². The van der Waals surface area contributed by atoms with Crippen molar-refractivity contribution in [3.05, 3.63) is 65.5 Å². The monoisotopic (exact) mass is 489 g/mol. The minimum Gasteiger partial charge on any atom is -0.487 e. The number of hydrogen-bond donors (Lipinski definition) is 2. The van der Waals surface area contributed by atoms with Crippen LogP contribution in [0.1, 0.15) is 34.5 Å². The van der Waals surface area contributed by atoms with Gasteiger partial charge in [0.2, 0.25) is 11.8 Å². The van der Waals surface area contributed by atoms with Crippen LogP contribution in [0.4, 0.5) is 5.69 Å². The average molecular weight is 490 g/mol. The van der Waals surface area contributed by atoms with Crippen LogP contribution in [-0.2, 0) is 27.5 Å². The number of ether oxygens (including phenoxy) is 2. The molecule has 3 aliphatic heterocycles. The molecule has 0 saturated carbocycles. The van der Waals surface area contributed by atoms with E-state index in [1.54, 1.807) is 12.1 Å². The van der Waals surface area contributed by atoms with Gasteiger partial charge in [0.1, 0.15) is 18.4 Å². The minimum atomic E-state index is -0.645. The quantitative estimate of drug-likeness (QED) is 0.513. The fourth-order valence-electron chi connectivity index (χ4n) is 5.02. The number of morpholine rings is 1. The van der Waals surface area contributed by atoms with Crippen molar-refractivity contribution in [2.45, 2.75) is 32.0 Å². The van der Waals surface area contributed by atoms with Crippen LogP contribution in [0.15, 0.2) is 48.7 Å². The third-order valence-corrected chi connectivity index (χ3v) is 6.96. The molecule has 36 heavy (non-hydrogen) atoms. The number of carbonyl (C=O) groups excluding carboxylic acids is 3. The number of aromatic amines is 1. The molecule has 6 rings (SSSR count). The molecule has 2 fully saturated rings. The fraction of sp³-hybridized carbons (Fsp3) is 0.346. The maximum Gasteiger partial charge on any atom is 0.255 e. The third kappa shape index (κ3) is 4.13. The summed E-state index contributed by atoms with van der Waals surface area (Å²) >= 11 is 0. The molecule has 3 aromatic rings. The molecule has 186 valence electrons. The topological polar surface area (TPSA) is 109 Å². The second-order valence-electron chi connectivity index (χ2n) is 9.23. The summed E-state index contributed by atoms with van der Waals surface area (Å²) in [7, 11) is 0. The Morgan fingerprint density at radius 2 is 1.81 bits per heavy atom. The van der Waals surface area contributed by atoms with Gasteiger partial charge in [-0.15, -0.1) is 0 Å². The molecule has 1 atom stereocenters. The molecule has 0 spiro atoms. The van der Waals surface area contributed by atoms with Crippen LogP contribution in [0.2, 0.25) is 0 Å². The van der Waals surface area contributed by atoms with Crippen molar-refractivity contribution in [2.24, 2.45) is 0 Å². The number of anilines is 1. The Labute approximate surface area is 207 Å². The summed E-state index contributed by atoms with van der Waals surface area (Å²) in [6.45, 7) is 3.86. The highest BCUT2D eigenvalue weighted by Gasteiger charge is 2.40. The number of hydrogen-bond acceptors (Lipinski definition) is 6. The summed E-state index contributed by atoms with van der Waals surface area (Å²) < 4.78 is 13.5. The van der Waals surface area contributed by atoms with Crippen LogP contribution < -0.4 is 15.0 Å². The summed E-state index contributed by atoms with van der Waals surface area (Å²) in [5.41, 5.74) is 4.42. The summed E-state index contributed by atoms with van der Waals surface area (Å²) in [5, 5.41) is 5.64. The Kier molecular flexibility index (Phi) is 5.73. The predicted molar refractivity (Wildman–Crippen MR) is 130 cm³/mol. The lowest BCUT2D eigenvalue weighted by atomic mass is 10.0. The van der Waals surface area contributed by atoms with Gasteiger partial charge in [-0.25, -0.2) is 0 Å². The molecular weight excluding hydrogens is 462 g/mol. The van der Waals surface area contributed by atoms with E-state index < -0.39 is 11.9 Å². The highest BCUT2D eigenvalue weighted by Crippen LogP contribution is 2.34. The van der Waals surface area contributed by atoms with Gasteiger partial charge in [0.05, 0.1) is 37.3 Å². The van der Waals surface area contributed by atoms with Gasteiger partial charge < -0.3 is 19.3 Å². The number of H-pyrrole nitrogens is 1. The standard InChI is InChI=1S/C26H27N5O5/c32-24-8-7-22(25(33)27-24)30-15-21-20(26(30)34)5-2-6-23(21)36-16-17-14-31(28-17)19-4-1-3-18(13-19)29-9-11-35-12-10-29/h1-6,13-14,22,28H,7-12,15-16H2,(H,27,32,33). The molecule has 10 nitrogen and oxygen atoms in total. The molecule has 3 amide bonds. The van der Waals surface area contributed by atoms with E-state index in [4.69, 9.17) is 9.47 Å². The zero-order chi connectivity index (χ0) is 24.6. The SMILES string of the molecule is O=C1CCC(N2Cc3c(OCc4cn(-c5cccc(N6CCOCC6)c5)[nH]4)cccc3C2=O)C(=O)N1. The van der Waals surface area contributed by atoms with E-state index in [2.05, 4.69) is 27.4 Å². The van der Waals surface area contributed by atoms with Gasteiger partial charge in [0.25, 0.3) is 5.91 Å². The predicted octanol–water partition coefficient (Wildman–Crippen LogP) is 1.98. The number of piperidine rings is 1. The van der Waals surface area contributed by atoms with Crippen molar-refractivity contribution in [3.63, 3.8) is 0 Å². The summed E-state index contributed by atoms with van der Waals surface area (Å²) in [6.07, 6.45) is 2.55. The molecule has 1 unspecified atom stereocenters. The molecule has 3 aliphatic rings. The molecule has 10 heteroatoms. The Morgan fingerprint density at radius 1 is 1.03 bits per heavy atom. The van der Waals surface area contributed by atoms with E-state index in [1.807, 2.05) is 29.1 Å². The van der Waals surface area contributed by atoms with Crippen molar-refractivity contribution >= 4 is 23.4 Å². The van der Waals surface area contributed by atoms with Crippen LogP contribution in [0.3, 0.4) is 0 Å². The van der Waals surface area contributed by atoms with Gasteiger partial charge >= 0.3 is 0 Å². The van der Waals surface area contributed by atoms with Gasteiger partial charge in [-0.2, -0.15) is 0 Å². The van der Waals surface area contributed by atoms with E-state index in [0.29, 0.717) is 24.3 Å². The third-order valence-electron chi connectivity index (χ3n) is 6.96. The van der Waals surface area contributed by atoms with E-state index in [0.717, 1.165) is 43.2 Å². The summed E-state index contributed by atoms with van der Waals surface area (Å²) in [4.78, 5) is 40.6. The van der Waals surface area contributed by atoms with Gasteiger partial charge in [0.15, 0.2) is 0 Å². The van der Waals surface area contributed by atoms with Gasteiger partial charge in [-0.3, -0.25) is 29.5 Å². The van der Waals surface area contributed by atoms with Crippen molar-refractivity contribution in [3.8, 4) is 11.4 Å². The first-order valence-corrected chi connectivity index (χ1v) is 12.2. The Bertz CT molecular complexity index is 1310.